The molecule has 2 amide bonds. The number of hydrogen-bond donors (Lipinski definition) is 2. The van der Waals surface area contributed by atoms with E-state index in [1.807, 2.05) is 31.4 Å². The fourth-order valence-corrected chi connectivity index (χ4v) is 2.52. The second kappa shape index (κ2) is 5.23. The molecule has 0 unspecified atom stereocenters. The summed E-state index contributed by atoms with van der Waals surface area (Å²) in [5, 5.41) is 10.7. The summed E-state index contributed by atoms with van der Waals surface area (Å²) < 4.78 is 1.84. The molecule has 2 N–H and O–H groups in total. The highest BCUT2D eigenvalue weighted by molar-refractivity contribution is 5.76. The van der Waals surface area contributed by atoms with Crippen molar-refractivity contribution in [3.8, 4) is 0 Å². The van der Waals surface area contributed by atoms with Gasteiger partial charge in [0.25, 0.3) is 0 Å². The quantitative estimate of drug-likeness (QED) is 0.883. The lowest BCUT2D eigenvalue weighted by atomic mass is 10.3. The third kappa shape index (κ3) is 2.51. The molecule has 0 bridgehead atoms. The summed E-state index contributed by atoms with van der Waals surface area (Å²) in [4.78, 5) is 17.8. The van der Waals surface area contributed by atoms with E-state index in [1.165, 1.54) is 0 Å². The predicted molar refractivity (Wildman–Crippen MR) is 80.7 cm³/mol. The summed E-state index contributed by atoms with van der Waals surface area (Å²) in [7, 11) is 0. The average molecular weight is 288 g/mol. The van der Waals surface area contributed by atoms with Gasteiger partial charge in [0.2, 0.25) is 0 Å². The summed E-state index contributed by atoms with van der Waals surface area (Å²) in [5.41, 5.74) is 3.91. The highest BCUT2D eigenvalue weighted by Gasteiger charge is 2.18. The minimum absolute atomic E-state index is 0.0126. The number of carbonyl (C=O) groups is 1. The van der Waals surface area contributed by atoms with Crippen LogP contribution >= 0.6 is 0 Å². The first kappa shape index (κ1) is 13.7. The minimum atomic E-state index is 0.0126. The largest absolute Gasteiger partial charge is 0.368 e. The molecule has 112 valence electrons. The molecule has 2 aromatic heterocycles. The van der Waals surface area contributed by atoms with Gasteiger partial charge in [0, 0.05) is 43.5 Å². The van der Waals surface area contributed by atoms with Crippen molar-refractivity contribution in [2.75, 3.05) is 31.5 Å². The van der Waals surface area contributed by atoms with E-state index < -0.39 is 0 Å². The van der Waals surface area contributed by atoms with Crippen molar-refractivity contribution < 1.29 is 4.79 Å². The summed E-state index contributed by atoms with van der Waals surface area (Å²) in [6, 6.07) is 1.99. The topological polar surface area (TPSA) is 74.6 Å². The van der Waals surface area contributed by atoms with E-state index in [-0.39, 0.29) is 6.03 Å². The Kier molecular flexibility index (Phi) is 3.40. The van der Waals surface area contributed by atoms with Crippen LogP contribution < -0.4 is 10.6 Å². The van der Waals surface area contributed by atoms with E-state index in [0.717, 1.165) is 41.5 Å². The fourth-order valence-electron chi connectivity index (χ4n) is 2.52. The number of hydrogen-bond acceptors (Lipinski definition) is 4. The van der Waals surface area contributed by atoms with E-state index in [4.69, 9.17) is 0 Å². The van der Waals surface area contributed by atoms with Crippen LogP contribution in [0.2, 0.25) is 0 Å². The fraction of sp³-hybridized carbons (Fsp3) is 0.500. The second-order valence-corrected chi connectivity index (χ2v) is 5.37. The van der Waals surface area contributed by atoms with Crippen LogP contribution in [0.5, 0.6) is 0 Å². The maximum absolute atomic E-state index is 11.5. The van der Waals surface area contributed by atoms with Crippen molar-refractivity contribution in [2.24, 2.45) is 0 Å². The molecule has 0 radical (unpaired) electrons. The van der Waals surface area contributed by atoms with Gasteiger partial charge >= 0.3 is 6.03 Å². The number of aryl methyl sites for hydroxylation is 3. The summed E-state index contributed by atoms with van der Waals surface area (Å²) in [6.45, 7) is 8.85. The molecule has 2 aromatic rings. The number of rotatable bonds is 4. The molecule has 0 aliphatic carbocycles. The standard InChI is InChI=1S/C14H20N6O/c1-9-8-12(15-4-6-19-7-5-16-14(19)21)20-13(17-9)10(2)11(3)18-20/h8,15H,4-7H2,1-3H3,(H,16,21). The maximum atomic E-state index is 11.5. The Labute approximate surface area is 123 Å². The van der Waals surface area contributed by atoms with Gasteiger partial charge in [0.05, 0.1) is 5.69 Å². The number of anilines is 1. The van der Waals surface area contributed by atoms with Gasteiger partial charge in [-0.3, -0.25) is 0 Å². The predicted octanol–water partition coefficient (Wildman–Crippen LogP) is 1.09. The van der Waals surface area contributed by atoms with Crippen molar-refractivity contribution in [3.63, 3.8) is 0 Å². The molecule has 0 aromatic carbocycles. The van der Waals surface area contributed by atoms with Gasteiger partial charge in [-0.05, 0) is 20.8 Å². The van der Waals surface area contributed by atoms with Crippen LogP contribution in [0.1, 0.15) is 17.0 Å². The molecule has 3 rings (SSSR count). The number of aromatic nitrogens is 3. The maximum Gasteiger partial charge on any atom is 0.317 e. The lowest BCUT2D eigenvalue weighted by molar-refractivity contribution is 0.219. The molecular formula is C14H20N6O. The Bertz CT molecular complexity index is 692. The van der Waals surface area contributed by atoms with Gasteiger partial charge in [-0.1, -0.05) is 0 Å². The average Bonchev–Trinajstić information content (AvgIpc) is 2.97. The van der Waals surface area contributed by atoms with Crippen LogP contribution in [0.4, 0.5) is 10.6 Å². The zero-order valence-electron chi connectivity index (χ0n) is 12.6. The molecular weight excluding hydrogens is 268 g/mol. The molecule has 3 heterocycles. The number of nitrogens with zero attached hydrogens (tertiary/aromatic N) is 4. The van der Waals surface area contributed by atoms with Crippen LogP contribution in [-0.4, -0.2) is 51.7 Å². The van der Waals surface area contributed by atoms with E-state index in [1.54, 1.807) is 4.90 Å². The van der Waals surface area contributed by atoms with Crippen molar-refractivity contribution in [1.29, 1.82) is 0 Å². The number of carbonyl (C=O) groups excluding carboxylic acids is 1. The molecule has 7 heteroatoms. The van der Waals surface area contributed by atoms with Gasteiger partial charge in [-0.2, -0.15) is 9.61 Å². The van der Waals surface area contributed by atoms with Crippen LogP contribution in [0.25, 0.3) is 5.65 Å². The van der Waals surface area contributed by atoms with Crippen molar-refractivity contribution >= 4 is 17.5 Å². The first-order valence-corrected chi connectivity index (χ1v) is 7.16. The number of amides is 2. The van der Waals surface area contributed by atoms with Crippen molar-refractivity contribution in [3.05, 3.63) is 23.0 Å². The smallest absolute Gasteiger partial charge is 0.317 e. The van der Waals surface area contributed by atoms with Crippen molar-refractivity contribution in [2.45, 2.75) is 20.8 Å². The zero-order chi connectivity index (χ0) is 15.0. The van der Waals surface area contributed by atoms with Crippen LogP contribution in [0.3, 0.4) is 0 Å². The van der Waals surface area contributed by atoms with E-state index in [9.17, 15) is 4.79 Å². The molecule has 1 aliphatic heterocycles. The Morgan fingerprint density at radius 3 is 2.90 bits per heavy atom. The lowest BCUT2D eigenvalue weighted by Crippen LogP contribution is -2.32. The van der Waals surface area contributed by atoms with E-state index in [0.29, 0.717) is 13.1 Å². The summed E-state index contributed by atoms with van der Waals surface area (Å²) in [6.07, 6.45) is 0. The van der Waals surface area contributed by atoms with Crippen molar-refractivity contribution in [1.82, 2.24) is 24.8 Å². The second-order valence-electron chi connectivity index (χ2n) is 5.37. The van der Waals surface area contributed by atoms with E-state index in [2.05, 4.69) is 20.7 Å². The first-order chi connectivity index (χ1) is 10.1. The van der Waals surface area contributed by atoms with Gasteiger partial charge in [0.15, 0.2) is 5.65 Å². The first-order valence-electron chi connectivity index (χ1n) is 7.16. The molecule has 7 nitrogen and oxygen atoms in total. The van der Waals surface area contributed by atoms with Gasteiger partial charge < -0.3 is 15.5 Å². The molecule has 1 aliphatic rings. The summed E-state index contributed by atoms with van der Waals surface area (Å²) >= 11 is 0. The molecule has 1 fully saturated rings. The van der Waals surface area contributed by atoms with Crippen LogP contribution in [0.15, 0.2) is 6.07 Å². The Hall–Kier alpha value is -2.31. The molecule has 1 saturated heterocycles. The highest BCUT2D eigenvalue weighted by atomic mass is 16.2. The third-order valence-corrected chi connectivity index (χ3v) is 3.82. The molecule has 0 saturated carbocycles. The highest BCUT2D eigenvalue weighted by Crippen LogP contribution is 2.17. The normalized spacial score (nSPS) is 14.8. The van der Waals surface area contributed by atoms with E-state index >= 15 is 0 Å². The van der Waals surface area contributed by atoms with Crippen LogP contribution in [0, 0.1) is 20.8 Å². The number of urea groups is 1. The monoisotopic (exact) mass is 288 g/mol. The van der Waals surface area contributed by atoms with Crippen LogP contribution in [-0.2, 0) is 0 Å². The van der Waals surface area contributed by atoms with Gasteiger partial charge in [-0.25, -0.2) is 9.78 Å². The SMILES string of the molecule is Cc1cc(NCCN2CCNC2=O)n2nc(C)c(C)c2n1. The Morgan fingerprint density at radius 1 is 1.38 bits per heavy atom. The minimum Gasteiger partial charge on any atom is -0.368 e. The third-order valence-electron chi connectivity index (χ3n) is 3.82. The molecule has 0 atom stereocenters. The van der Waals surface area contributed by atoms with Gasteiger partial charge in [0.1, 0.15) is 5.82 Å². The Morgan fingerprint density at radius 2 is 2.19 bits per heavy atom. The van der Waals surface area contributed by atoms with Gasteiger partial charge in [-0.15, -0.1) is 0 Å². The number of nitrogens with one attached hydrogen (secondary N) is 2. The number of fused-ring (bicyclic) bond motifs is 1. The Balaban J connectivity index is 1.77. The summed E-state index contributed by atoms with van der Waals surface area (Å²) in [5.74, 6) is 0.910. The molecule has 0 spiro atoms. The zero-order valence-corrected chi connectivity index (χ0v) is 12.6. The molecule has 21 heavy (non-hydrogen) atoms. The lowest BCUT2D eigenvalue weighted by Gasteiger charge is -2.15.